The van der Waals surface area contributed by atoms with Crippen molar-refractivity contribution in [2.24, 2.45) is 0 Å². The summed E-state index contributed by atoms with van der Waals surface area (Å²) in [4.78, 5) is 15.3. The van der Waals surface area contributed by atoms with Gasteiger partial charge in [0.1, 0.15) is 0 Å². The van der Waals surface area contributed by atoms with Crippen LogP contribution in [-0.2, 0) is 0 Å². The molecule has 2 nitrogen and oxygen atoms in total. The van der Waals surface area contributed by atoms with Gasteiger partial charge in [0.2, 0.25) is 0 Å². The minimum Gasteiger partial charge on any atom is -0.358 e. The second-order valence-electron chi connectivity index (χ2n) is 4.39. The lowest BCUT2D eigenvalue weighted by molar-refractivity contribution is 0.828. The van der Waals surface area contributed by atoms with Gasteiger partial charge in [-0.2, -0.15) is 0 Å². The number of benzene rings is 1. The predicted octanol–water partition coefficient (Wildman–Crippen LogP) is 3.72. The molecular formula is C13H14BrNO. The first-order chi connectivity index (χ1) is 7.49. The van der Waals surface area contributed by atoms with Gasteiger partial charge in [-0.3, -0.25) is 4.79 Å². The van der Waals surface area contributed by atoms with E-state index in [0.29, 0.717) is 5.92 Å². The lowest BCUT2D eigenvalue weighted by Gasteiger charge is -2.09. The van der Waals surface area contributed by atoms with Crippen molar-refractivity contribution in [2.75, 3.05) is 0 Å². The van der Waals surface area contributed by atoms with Gasteiger partial charge in [0.15, 0.2) is 5.43 Å². The van der Waals surface area contributed by atoms with Crippen LogP contribution in [0.1, 0.15) is 31.0 Å². The number of halogens is 1. The Bertz CT molecular complexity index is 599. The lowest BCUT2D eigenvalue weighted by Crippen LogP contribution is -2.07. The first-order valence-corrected chi connectivity index (χ1v) is 6.11. The molecule has 0 saturated carbocycles. The van der Waals surface area contributed by atoms with E-state index in [1.54, 1.807) is 6.07 Å². The number of aromatic nitrogens is 1. The summed E-state index contributed by atoms with van der Waals surface area (Å²) in [6.45, 7) is 6.16. The third kappa shape index (κ3) is 1.92. The molecule has 0 radical (unpaired) electrons. The zero-order chi connectivity index (χ0) is 11.9. The Labute approximate surface area is 103 Å². The second-order valence-corrected chi connectivity index (χ2v) is 5.30. The summed E-state index contributed by atoms with van der Waals surface area (Å²) < 4.78 is 0.945. The Balaban J connectivity index is 2.87. The highest BCUT2D eigenvalue weighted by Gasteiger charge is 2.07. The van der Waals surface area contributed by atoms with Crippen LogP contribution in [0.3, 0.4) is 0 Å². The van der Waals surface area contributed by atoms with Gasteiger partial charge < -0.3 is 4.98 Å². The largest absolute Gasteiger partial charge is 0.358 e. The Morgan fingerprint density at radius 3 is 2.56 bits per heavy atom. The van der Waals surface area contributed by atoms with Crippen molar-refractivity contribution in [3.8, 4) is 0 Å². The molecule has 1 aromatic heterocycles. The first-order valence-electron chi connectivity index (χ1n) is 5.32. The van der Waals surface area contributed by atoms with Crippen molar-refractivity contribution in [1.82, 2.24) is 4.98 Å². The molecule has 1 aromatic carbocycles. The minimum absolute atomic E-state index is 0.0850. The number of fused-ring (bicyclic) bond motifs is 1. The molecule has 0 saturated heterocycles. The quantitative estimate of drug-likeness (QED) is 0.848. The molecule has 0 fully saturated rings. The van der Waals surface area contributed by atoms with Crippen LogP contribution in [-0.4, -0.2) is 4.98 Å². The maximum atomic E-state index is 12.0. The zero-order valence-corrected chi connectivity index (χ0v) is 11.2. The van der Waals surface area contributed by atoms with E-state index in [1.807, 2.05) is 19.1 Å². The fourth-order valence-corrected chi connectivity index (χ4v) is 2.39. The van der Waals surface area contributed by atoms with Crippen molar-refractivity contribution in [3.05, 3.63) is 44.2 Å². The van der Waals surface area contributed by atoms with Crippen LogP contribution in [0.15, 0.2) is 27.5 Å². The number of hydrogen-bond acceptors (Lipinski definition) is 1. The molecule has 0 atom stereocenters. The van der Waals surface area contributed by atoms with E-state index in [9.17, 15) is 4.79 Å². The fraction of sp³-hybridized carbons (Fsp3) is 0.308. The topological polar surface area (TPSA) is 32.9 Å². The highest BCUT2D eigenvalue weighted by molar-refractivity contribution is 9.10. The van der Waals surface area contributed by atoms with Gasteiger partial charge in [-0.05, 0) is 30.5 Å². The number of pyridine rings is 1. The molecule has 0 unspecified atom stereocenters. The Kier molecular flexibility index (Phi) is 2.89. The first kappa shape index (κ1) is 11.4. The van der Waals surface area contributed by atoms with Crippen LogP contribution >= 0.6 is 15.9 Å². The molecule has 2 rings (SSSR count). The minimum atomic E-state index is 0.0850. The van der Waals surface area contributed by atoms with Crippen molar-refractivity contribution in [3.63, 3.8) is 0 Å². The maximum Gasteiger partial charge on any atom is 0.189 e. The molecule has 0 amide bonds. The SMILES string of the molecule is Cc1cc(Br)cc2c(=O)cc(C(C)C)[nH]c12. The maximum absolute atomic E-state index is 12.0. The van der Waals surface area contributed by atoms with E-state index < -0.39 is 0 Å². The number of rotatable bonds is 1. The molecule has 0 aliphatic heterocycles. The molecule has 0 aliphatic carbocycles. The second kappa shape index (κ2) is 4.06. The van der Waals surface area contributed by atoms with Gasteiger partial charge in [-0.25, -0.2) is 0 Å². The van der Waals surface area contributed by atoms with E-state index in [1.165, 1.54) is 0 Å². The molecule has 0 spiro atoms. The Morgan fingerprint density at radius 1 is 1.25 bits per heavy atom. The number of H-pyrrole nitrogens is 1. The summed E-state index contributed by atoms with van der Waals surface area (Å²) >= 11 is 3.41. The molecule has 84 valence electrons. The molecule has 2 aromatic rings. The number of nitrogens with one attached hydrogen (secondary N) is 1. The van der Waals surface area contributed by atoms with Crippen molar-refractivity contribution < 1.29 is 0 Å². The Morgan fingerprint density at radius 2 is 1.94 bits per heavy atom. The summed E-state index contributed by atoms with van der Waals surface area (Å²) in [6.07, 6.45) is 0. The van der Waals surface area contributed by atoms with E-state index in [4.69, 9.17) is 0 Å². The van der Waals surface area contributed by atoms with Crippen LogP contribution in [0.25, 0.3) is 10.9 Å². The third-order valence-corrected chi connectivity index (χ3v) is 3.20. The van der Waals surface area contributed by atoms with Crippen LogP contribution < -0.4 is 5.43 Å². The fourth-order valence-electron chi connectivity index (χ4n) is 1.81. The standard InChI is InChI=1S/C13H14BrNO/c1-7(2)11-6-12(16)10-5-9(14)4-8(3)13(10)15-11/h4-7H,1-3H3,(H,15,16). The molecule has 1 heterocycles. The van der Waals surface area contributed by atoms with Gasteiger partial charge in [0, 0.05) is 21.6 Å². The predicted molar refractivity (Wildman–Crippen MR) is 71.1 cm³/mol. The summed E-state index contributed by atoms with van der Waals surface area (Å²) in [5.74, 6) is 0.333. The Hall–Kier alpha value is -1.09. The summed E-state index contributed by atoms with van der Waals surface area (Å²) in [5.41, 5.74) is 3.10. The molecule has 3 heteroatoms. The van der Waals surface area contributed by atoms with Crippen LogP contribution in [0.5, 0.6) is 0 Å². The average molecular weight is 280 g/mol. The van der Waals surface area contributed by atoms with Gasteiger partial charge in [0.05, 0.1) is 5.52 Å². The van der Waals surface area contributed by atoms with Crippen LogP contribution in [0.2, 0.25) is 0 Å². The number of aryl methyl sites for hydroxylation is 1. The van der Waals surface area contributed by atoms with Crippen molar-refractivity contribution >= 4 is 26.8 Å². The van der Waals surface area contributed by atoms with E-state index in [-0.39, 0.29) is 5.43 Å². The van der Waals surface area contributed by atoms with Crippen molar-refractivity contribution in [2.45, 2.75) is 26.7 Å². The molecule has 1 N–H and O–H groups in total. The van der Waals surface area contributed by atoms with Crippen molar-refractivity contribution in [1.29, 1.82) is 0 Å². The summed E-state index contributed by atoms with van der Waals surface area (Å²) in [7, 11) is 0. The smallest absolute Gasteiger partial charge is 0.189 e. The van der Waals surface area contributed by atoms with E-state index >= 15 is 0 Å². The van der Waals surface area contributed by atoms with Gasteiger partial charge in [-0.15, -0.1) is 0 Å². The normalized spacial score (nSPS) is 11.3. The van der Waals surface area contributed by atoms with E-state index in [0.717, 1.165) is 26.6 Å². The van der Waals surface area contributed by atoms with Gasteiger partial charge in [-0.1, -0.05) is 29.8 Å². The number of hydrogen-bond donors (Lipinski definition) is 1. The third-order valence-electron chi connectivity index (χ3n) is 2.74. The van der Waals surface area contributed by atoms with E-state index in [2.05, 4.69) is 34.8 Å². The monoisotopic (exact) mass is 279 g/mol. The van der Waals surface area contributed by atoms with Crippen LogP contribution in [0.4, 0.5) is 0 Å². The van der Waals surface area contributed by atoms with Crippen LogP contribution in [0, 0.1) is 6.92 Å². The average Bonchev–Trinajstić information content (AvgIpc) is 2.19. The lowest BCUT2D eigenvalue weighted by atomic mass is 10.1. The highest BCUT2D eigenvalue weighted by Crippen LogP contribution is 2.21. The summed E-state index contributed by atoms with van der Waals surface area (Å²) in [6, 6.07) is 5.58. The molecule has 0 bridgehead atoms. The molecular weight excluding hydrogens is 266 g/mol. The summed E-state index contributed by atoms with van der Waals surface area (Å²) in [5, 5.41) is 0.747. The molecule has 16 heavy (non-hydrogen) atoms. The zero-order valence-electron chi connectivity index (χ0n) is 9.60. The number of aromatic amines is 1. The van der Waals surface area contributed by atoms with Gasteiger partial charge >= 0.3 is 0 Å². The van der Waals surface area contributed by atoms with Gasteiger partial charge in [0.25, 0.3) is 0 Å². The molecule has 0 aliphatic rings. The highest BCUT2D eigenvalue weighted by atomic mass is 79.9.